The van der Waals surface area contributed by atoms with Gasteiger partial charge in [0.05, 0.1) is 44.3 Å². The maximum atomic E-state index is 14.1. The van der Waals surface area contributed by atoms with E-state index < -0.39 is 24.3 Å². The van der Waals surface area contributed by atoms with E-state index in [9.17, 15) is 19.2 Å². The Morgan fingerprint density at radius 2 is 1.33 bits per heavy atom. The number of nitrogens with zero attached hydrogens (tertiary/aromatic N) is 3. The second-order valence-corrected chi connectivity index (χ2v) is 17.4. The Hall–Kier alpha value is -5.63. The van der Waals surface area contributed by atoms with Gasteiger partial charge in [-0.05, 0) is 110 Å². The molecule has 5 heterocycles. The smallest absolute Gasteiger partial charge is 0.407 e. The Labute approximate surface area is 371 Å². The van der Waals surface area contributed by atoms with E-state index in [4.69, 9.17) is 19.2 Å². The van der Waals surface area contributed by atoms with Crippen molar-refractivity contribution < 1.29 is 33.4 Å². The van der Waals surface area contributed by atoms with Crippen molar-refractivity contribution >= 4 is 24.0 Å². The van der Waals surface area contributed by atoms with Gasteiger partial charge < -0.3 is 44.6 Å². The Balaban J connectivity index is 0.00000293. The molecule has 3 fully saturated rings. The number of imidazole rings is 1. The van der Waals surface area contributed by atoms with Crippen molar-refractivity contribution in [3.8, 4) is 33.6 Å². The third-order valence-corrected chi connectivity index (χ3v) is 13.2. The van der Waals surface area contributed by atoms with Crippen molar-refractivity contribution in [3.63, 3.8) is 0 Å². The summed E-state index contributed by atoms with van der Waals surface area (Å²) in [7, 11) is 2.63. The fraction of sp³-hybridized carbons (Fsp3) is 0.531. The molecule has 4 aromatic rings. The van der Waals surface area contributed by atoms with Gasteiger partial charge in [-0.3, -0.25) is 9.59 Å². The zero-order valence-corrected chi connectivity index (χ0v) is 37.9. The summed E-state index contributed by atoms with van der Waals surface area (Å²) in [6, 6.07) is 15.4. The molecule has 63 heavy (non-hydrogen) atoms. The Morgan fingerprint density at radius 3 is 1.97 bits per heavy atom. The van der Waals surface area contributed by atoms with Crippen LogP contribution in [0.4, 0.5) is 9.59 Å². The summed E-state index contributed by atoms with van der Waals surface area (Å²) in [5.41, 5.74) is 10.1. The van der Waals surface area contributed by atoms with Crippen molar-refractivity contribution in [3.05, 3.63) is 77.4 Å². The van der Waals surface area contributed by atoms with Crippen molar-refractivity contribution in [2.75, 3.05) is 33.9 Å². The summed E-state index contributed by atoms with van der Waals surface area (Å²) in [6.45, 7) is 11.7. The molecule has 2 aromatic heterocycles. The summed E-state index contributed by atoms with van der Waals surface area (Å²) in [6.07, 6.45) is 8.49. The lowest BCUT2D eigenvalue weighted by atomic mass is 9.88. The predicted molar refractivity (Wildman–Crippen MR) is 242 cm³/mol. The summed E-state index contributed by atoms with van der Waals surface area (Å²) >= 11 is 0. The maximum absolute atomic E-state index is 14.1. The number of aromatic amines is 2. The van der Waals surface area contributed by atoms with E-state index in [0.717, 1.165) is 90.1 Å². The maximum Gasteiger partial charge on any atom is 0.407 e. The minimum absolute atomic E-state index is 0.0124. The molecule has 3 aliphatic heterocycles. The molecule has 6 atom stereocenters. The van der Waals surface area contributed by atoms with Crippen LogP contribution in [-0.2, 0) is 36.6 Å². The fourth-order valence-corrected chi connectivity index (χ4v) is 10.1. The number of nitrogens with one attached hydrogen (secondary N) is 4. The third kappa shape index (κ3) is 9.66. The Kier molecular flexibility index (Phi) is 14.6. The SMILES string of the molecule is CC.COC(=O)NC(C(=O)N1CCCC1c1[nH]c(-c2ccc(-c3ccc(-c4cnc(C5CCCN5C(=O)C(NC(=O)OC)C5CCOC(C)C5)[nH]4)cc3)cc2)c2c1CCC2)C(C)C. The fourth-order valence-electron chi connectivity index (χ4n) is 10.1. The molecule has 0 spiro atoms. The third-order valence-electron chi connectivity index (χ3n) is 13.2. The van der Waals surface area contributed by atoms with Gasteiger partial charge in [0.1, 0.15) is 17.9 Å². The molecule has 0 bridgehead atoms. The highest BCUT2D eigenvalue weighted by atomic mass is 16.5. The predicted octanol–water partition coefficient (Wildman–Crippen LogP) is 8.50. The number of benzene rings is 2. The molecule has 0 radical (unpaired) electrons. The van der Waals surface area contributed by atoms with Gasteiger partial charge in [-0.1, -0.05) is 76.2 Å². The zero-order valence-electron chi connectivity index (χ0n) is 37.9. The normalized spacial score (nSPS) is 21.6. The highest BCUT2D eigenvalue weighted by Gasteiger charge is 2.42. The molecule has 4 amide bonds. The average Bonchev–Trinajstić information content (AvgIpc) is 4.17. The molecule has 4 N–H and O–H groups in total. The van der Waals surface area contributed by atoms with Crippen LogP contribution < -0.4 is 10.6 Å². The first-order valence-electron chi connectivity index (χ1n) is 23.0. The Bertz CT molecular complexity index is 2210. The quantitative estimate of drug-likeness (QED) is 0.116. The minimum atomic E-state index is -0.696. The van der Waals surface area contributed by atoms with Gasteiger partial charge in [0.15, 0.2) is 0 Å². The average molecular weight is 864 g/mol. The van der Waals surface area contributed by atoms with Gasteiger partial charge in [-0.15, -0.1) is 0 Å². The number of ether oxygens (including phenoxy) is 3. The molecule has 14 nitrogen and oxygen atoms in total. The number of methoxy groups -OCH3 is 2. The number of hydrogen-bond donors (Lipinski definition) is 4. The first kappa shape index (κ1) is 45.4. The number of aromatic nitrogens is 3. The van der Waals surface area contributed by atoms with Gasteiger partial charge in [0.25, 0.3) is 0 Å². The van der Waals surface area contributed by atoms with Crippen LogP contribution in [0.25, 0.3) is 33.6 Å². The van der Waals surface area contributed by atoms with Gasteiger partial charge in [0.2, 0.25) is 11.8 Å². The van der Waals surface area contributed by atoms with Gasteiger partial charge >= 0.3 is 12.2 Å². The van der Waals surface area contributed by atoms with Crippen LogP contribution in [0.5, 0.6) is 0 Å². The lowest BCUT2D eigenvalue weighted by Crippen LogP contribution is -2.53. The molecule has 8 rings (SSSR count). The van der Waals surface area contributed by atoms with Crippen LogP contribution in [0, 0.1) is 11.8 Å². The lowest BCUT2D eigenvalue weighted by Gasteiger charge is -2.36. The highest BCUT2D eigenvalue weighted by molar-refractivity contribution is 5.87. The van der Waals surface area contributed by atoms with Crippen LogP contribution in [0.15, 0.2) is 54.7 Å². The molecule has 2 aromatic carbocycles. The number of alkyl carbamates (subject to hydrolysis) is 2. The second kappa shape index (κ2) is 20.3. The number of hydrogen-bond acceptors (Lipinski definition) is 8. The molecule has 14 heteroatoms. The molecule has 4 aliphatic rings. The van der Waals surface area contributed by atoms with E-state index in [-0.39, 0.29) is 41.8 Å². The number of rotatable bonds is 11. The first-order chi connectivity index (χ1) is 30.5. The van der Waals surface area contributed by atoms with Crippen LogP contribution in [0.2, 0.25) is 0 Å². The van der Waals surface area contributed by atoms with E-state index in [1.807, 2.05) is 50.6 Å². The molecular formula is C49H65N7O7. The lowest BCUT2D eigenvalue weighted by molar-refractivity contribution is -0.137. The number of carbonyl (C=O) groups is 4. The largest absolute Gasteiger partial charge is 0.453 e. The summed E-state index contributed by atoms with van der Waals surface area (Å²) < 4.78 is 15.5. The Morgan fingerprint density at radius 1 is 0.746 bits per heavy atom. The minimum Gasteiger partial charge on any atom is -0.453 e. The number of fused-ring (bicyclic) bond motifs is 1. The van der Waals surface area contributed by atoms with Crippen molar-refractivity contribution in [2.24, 2.45) is 11.8 Å². The van der Waals surface area contributed by atoms with E-state index >= 15 is 0 Å². The number of amides is 4. The summed E-state index contributed by atoms with van der Waals surface area (Å²) in [5.74, 6) is 0.429. The molecule has 338 valence electrons. The summed E-state index contributed by atoms with van der Waals surface area (Å²) in [4.78, 5) is 68.3. The standard InChI is InChI=1S/C47H59N7O7.C2H6/c1-27(2)39(51-46(57)59-4)44(55)53-22-7-11-37(53)42-35-10-6-9-34(35)40(50-42)32-19-15-30(16-20-32)29-13-17-31(18-14-29)36-26-48-43(49-36)38-12-8-23-54(38)45(56)41(52-47(58)60-5)33-21-24-61-28(3)25-33;1-2/h13-20,26-28,33,37-39,41,50H,6-12,21-25H2,1-5H3,(H,48,49)(H,51,57)(H,52,58);1-2H3. The van der Waals surface area contributed by atoms with E-state index in [2.05, 4.69) is 69.1 Å². The van der Waals surface area contributed by atoms with Gasteiger partial charge in [-0.25, -0.2) is 14.6 Å². The zero-order chi connectivity index (χ0) is 44.8. The van der Waals surface area contributed by atoms with Crippen molar-refractivity contribution in [1.82, 2.24) is 35.4 Å². The topological polar surface area (TPSA) is 171 Å². The second-order valence-electron chi connectivity index (χ2n) is 17.4. The monoisotopic (exact) mass is 863 g/mol. The molecule has 1 aliphatic carbocycles. The first-order valence-corrected chi connectivity index (χ1v) is 23.0. The number of likely N-dealkylation sites (tertiary alicyclic amines) is 2. The van der Waals surface area contributed by atoms with E-state index in [1.54, 1.807) is 0 Å². The van der Waals surface area contributed by atoms with Crippen LogP contribution >= 0.6 is 0 Å². The molecular weight excluding hydrogens is 799 g/mol. The van der Waals surface area contributed by atoms with Crippen LogP contribution in [0.1, 0.15) is 114 Å². The van der Waals surface area contributed by atoms with E-state index in [1.165, 1.54) is 25.3 Å². The van der Waals surface area contributed by atoms with Gasteiger partial charge in [-0.2, -0.15) is 0 Å². The number of carbonyl (C=O) groups excluding carboxylic acids is 4. The van der Waals surface area contributed by atoms with Crippen molar-refractivity contribution in [1.29, 1.82) is 0 Å². The molecule has 6 unspecified atom stereocenters. The van der Waals surface area contributed by atoms with Crippen molar-refractivity contribution in [2.45, 2.75) is 123 Å². The van der Waals surface area contributed by atoms with Gasteiger partial charge in [0, 0.05) is 31.1 Å². The number of H-pyrrole nitrogens is 2. The molecule has 0 saturated carbocycles. The van der Waals surface area contributed by atoms with E-state index in [0.29, 0.717) is 32.5 Å². The highest BCUT2D eigenvalue weighted by Crippen LogP contribution is 2.43. The van der Waals surface area contributed by atoms with Crippen LogP contribution in [0.3, 0.4) is 0 Å². The van der Waals surface area contributed by atoms with Crippen LogP contribution in [-0.4, -0.2) is 101 Å². The molecule has 3 saturated heterocycles. The summed E-state index contributed by atoms with van der Waals surface area (Å²) in [5, 5.41) is 5.61.